The van der Waals surface area contributed by atoms with E-state index in [-0.39, 0.29) is 18.4 Å². The summed E-state index contributed by atoms with van der Waals surface area (Å²) in [6.07, 6.45) is 0. The Morgan fingerprint density at radius 2 is 2.22 bits per heavy atom. The van der Waals surface area contributed by atoms with Crippen LogP contribution in [0.4, 0.5) is 0 Å². The summed E-state index contributed by atoms with van der Waals surface area (Å²) in [5, 5.41) is 6.87. The van der Waals surface area contributed by atoms with Gasteiger partial charge in [-0.3, -0.25) is 5.41 Å². The molecule has 56 valence electrons. The number of nitrogens with zero attached hydrogens (tertiary/aromatic N) is 1. The topological polar surface area (TPSA) is 53.1 Å². The summed E-state index contributed by atoms with van der Waals surface area (Å²) >= 11 is 3.96. The van der Waals surface area contributed by atoms with Gasteiger partial charge in [0.1, 0.15) is 0 Å². The van der Waals surface area contributed by atoms with Crippen LogP contribution in [0.1, 0.15) is 0 Å². The fourth-order valence-electron chi connectivity index (χ4n) is 0.270. The van der Waals surface area contributed by atoms with E-state index in [4.69, 9.17) is 11.1 Å². The summed E-state index contributed by atoms with van der Waals surface area (Å²) in [7, 11) is 1.76. The second-order valence-corrected chi connectivity index (χ2v) is 1.98. The number of hydrogen-bond acceptors (Lipinski definition) is 2. The smallest absolute Gasteiger partial charge is 0.188 e. The molecule has 0 aromatic rings. The lowest BCUT2D eigenvalue weighted by atomic mass is 10.6. The molecule has 0 radical (unpaired) electrons. The molecule has 0 atom stereocenters. The molecule has 0 aromatic carbocycles. The third kappa shape index (κ3) is 5.79. The van der Waals surface area contributed by atoms with Crippen LogP contribution in [0.5, 0.6) is 0 Å². The normalized spacial score (nSPS) is 7.78. The van der Waals surface area contributed by atoms with Crippen molar-refractivity contribution in [1.82, 2.24) is 4.90 Å². The van der Waals surface area contributed by atoms with Gasteiger partial charge in [-0.15, -0.1) is 12.4 Å². The summed E-state index contributed by atoms with van der Waals surface area (Å²) in [5.41, 5.74) is 5.10. The minimum atomic E-state index is 0. The van der Waals surface area contributed by atoms with E-state index >= 15 is 0 Å². The molecule has 0 aromatic heterocycles. The van der Waals surface area contributed by atoms with Crippen molar-refractivity contribution in [2.45, 2.75) is 0 Å². The maximum absolute atomic E-state index is 6.87. The van der Waals surface area contributed by atoms with Crippen molar-refractivity contribution in [3.63, 3.8) is 0 Å². The first-order valence-corrected chi connectivity index (χ1v) is 2.97. The van der Waals surface area contributed by atoms with E-state index in [2.05, 4.69) is 12.6 Å². The number of halogens is 1. The number of thiol groups is 1. The third-order valence-electron chi connectivity index (χ3n) is 0.847. The molecule has 0 saturated carbocycles. The van der Waals surface area contributed by atoms with Gasteiger partial charge in [-0.25, -0.2) is 0 Å². The molecule has 0 aliphatic carbocycles. The van der Waals surface area contributed by atoms with Crippen LogP contribution in [-0.2, 0) is 0 Å². The molecule has 0 fully saturated rings. The summed E-state index contributed by atoms with van der Waals surface area (Å²) in [4.78, 5) is 1.63. The third-order valence-corrected chi connectivity index (χ3v) is 1.05. The van der Waals surface area contributed by atoms with Gasteiger partial charge in [0.05, 0.1) is 0 Å². The van der Waals surface area contributed by atoms with Gasteiger partial charge in [0.2, 0.25) is 0 Å². The van der Waals surface area contributed by atoms with Crippen LogP contribution in [0.3, 0.4) is 0 Å². The van der Waals surface area contributed by atoms with Gasteiger partial charge >= 0.3 is 0 Å². The molecule has 0 rings (SSSR count). The Kier molecular flexibility index (Phi) is 7.83. The van der Waals surface area contributed by atoms with E-state index in [1.807, 2.05) is 0 Å². The monoisotopic (exact) mass is 169 g/mol. The average Bonchev–Trinajstić information content (AvgIpc) is 1.67. The second kappa shape index (κ2) is 6.04. The van der Waals surface area contributed by atoms with Crippen LogP contribution in [0, 0.1) is 5.41 Å². The fourth-order valence-corrected chi connectivity index (χ4v) is 0.570. The highest BCUT2D eigenvalue weighted by Crippen LogP contribution is 1.80. The van der Waals surface area contributed by atoms with Crippen LogP contribution in [0.15, 0.2) is 0 Å². The standard InChI is InChI=1S/C4H11N3S.ClH/c1-7(2-3-8)4(5)6;/h8H,2-3H2,1H3,(H3,5,6);1H. The first-order chi connectivity index (χ1) is 3.68. The first-order valence-electron chi connectivity index (χ1n) is 2.34. The Bertz CT molecular complexity index is 87.9. The van der Waals surface area contributed by atoms with E-state index in [1.165, 1.54) is 0 Å². The van der Waals surface area contributed by atoms with E-state index < -0.39 is 0 Å². The molecule has 0 aliphatic heterocycles. The molecule has 3 nitrogen and oxygen atoms in total. The van der Waals surface area contributed by atoms with Crippen molar-refractivity contribution in [3.8, 4) is 0 Å². The Morgan fingerprint density at radius 3 is 2.33 bits per heavy atom. The van der Waals surface area contributed by atoms with Crippen molar-refractivity contribution in [2.75, 3.05) is 19.3 Å². The number of hydrogen-bond donors (Lipinski definition) is 3. The van der Waals surface area contributed by atoms with Crippen LogP contribution in [-0.4, -0.2) is 30.2 Å². The molecule has 0 bridgehead atoms. The van der Waals surface area contributed by atoms with Gasteiger partial charge in [-0.05, 0) is 0 Å². The number of rotatable bonds is 2. The lowest BCUT2D eigenvalue weighted by Crippen LogP contribution is -2.34. The van der Waals surface area contributed by atoms with Gasteiger partial charge < -0.3 is 10.6 Å². The maximum Gasteiger partial charge on any atom is 0.188 e. The van der Waals surface area contributed by atoms with Gasteiger partial charge in [-0.2, -0.15) is 12.6 Å². The Labute approximate surface area is 66.9 Å². The number of guanidine groups is 1. The summed E-state index contributed by atoms with van der Waals surface area (Å²) in [6, 6.07) is 0. The van der Waals surface area contributed by atoms with Crippen LogP contribution in [0.2, 0.25) is 0 Å². The van der Waals surface area contributed by atoms with Gasteiger partial charge in [0, 0.05) is 19.3 Å². The molecular weight excluding hydrogens is 158 g/mol. The Balaban J connectivity index is 0. The van der Waals surface area contributed by atoms with E-state index in [0.29, 0.717) is 0 Å². The van der Waals surface area contributed by atoms with Crippen molar-refractivity contribution in [3.05, 3.63) is 0 Å². The van der Waals surface area contributed by atoms with Gasteiger partial charge in [0.25, 0.3) is 0 Å². The lowest BCUT2D eigenvalue weighted by molar-refractivity contribution is 0.530. The number of nitrogens with one attached hydrogen (secondary N) is 1. The molecule has 5 heteroatoms. The van der Waals surface area contributed by atoms with E-state index in [9.17, 15) is 0 Å². The molecule has 0 heterocycles. The first kappa shape index (κ1) is 11.7. The van der Waals surface area contributed by atoms with Gasteiger partial charge in [0.15, 0.2) is 5.96 Å². The quantitative estimate of drug-likeness (QED) is 0.314. The van der Waals surface area contributed by atoms with Crippen molar-refractivity contribution < 1.29 is 0 Å². The maximum atomic E-state index is 6.87. The lowest BCUT2D eigenvalue weighted by Gasteiger charge is -2.13. The zero-order valence-corrected chi connectivity index (χ0v) is 7.01. The van der Waals surface area contributed by atoms with Crippen molar-refractivity contribution in [1.29, 1.82) is 5.41 Å². The van der Waals surface area contributed by atoms with Crippen molar-refractivity contribution >= 4 is 31.0 Å². The van der Waals surface area contributed by atoms with E-state index in [1.54, 1.807) is 11.9 Å². The zero-order chi connectivity index (χ0) is 6.57. The zero-order valence-electron chi connectivity index (χ0n) is 5.29. The second-order valence-electron chi connectivity index (χ2n) is 1.53. The predicted octanol–water partition coefficient (Wildman–Crippen LogP) is 0.163. The SMILES string of the molecule is CN(CCS)C(=N)N.Cl. The van der Waals surface area contributed by atoms with Crippen LogP contribution < -0.4 is 5.73 Å². The molecule has 0 unspecified atom stereocenters. The van der Waals surface area contributed by atoms with Crippen molar-refractivity contribution in [2.24, 2.45) is 5.73 Å². The minimum absolute atomic E-state index is 0. The highest BCUT2D eigenvalue weighted by Gasteiger charge is 1.93. The molecule has 0 amide bonds. The van der Waals surface area contributed by atoms with Gasteiger partial charge in [-0.1, -0.05) is 0 Å². The molecule has 0 spiro atoms. The molecular formula is C4H12ClN3S. The highest BCUT2D eigenvalue weighted by molar-refractivity contribution is 7.80. The molecule has 9 heavy (non-hydrogen) atoms. The summed E-state index contributed by atoms with van der Waals surface area (Å²) < 4.78 is 0. The molecule has 0 aliphatic rings. The van der Waals surface area contributed by atoms with E-state index in [0.717, 1.165) is 12.3 Å². The minimum Gasteiger partial charge on any atom is -0.370 e. The largest absolute Gasteiger partial charge is 0.370 e. The Hall–Kier alpha value is -0.0900. The average molecular weight is 170 g/mol. The van der Waals surface area contributed by atoms with Crippen LogP contribution >= 0.6 is 25.0 Å². The Morgan fingerprint density at radius 1 is 1.78 bits per heavy atom. The summed E-state index contributed by atoms with van der Waals surface area (Å²) in [5.74, 6) is 0.829. The molecule has 0 saturated heterocycles. The fraction of sp³-hybridized carbons (Fsp3) is 0.750. The van der Waals surface area contributed by atoms with Crippen LogP contribution in [0.25, 0.3) is 0 Å². The number of nitrogens with two attached hydrogens (primary N) is 1. The molecule has 3 N–H and O–H groups in total. The highest BCUT2D eigenvalue weighted by atomic mass is 35.5. The predicted molar refractivity (Wildman–Crippen MR) is 45.6 cm³/mol. The summed E-state index contributed by atoms with van der Waals surface area (Å²) in [6.45, 7) is 0.735.